The fraction of sp³-hybridized carbons (Fsp3) is 0.278. The van der Waals surface area contributed by atoms with Crippen molar-refractivity contribution in [1.82, 2.24) is 5.32 Å². The molecule has 142 valence electrons. The number of nitrogens with two attached hydrogens (primary N) is 1. The van der Waals surface area contributed by atoms with Crippen molar-refractivity contribution in [3.63, 3.8) is 0 Å². The van der Waals surface area contributed by atoms with Crippen molar-refractivity contribution < 1.29 is 13.6 Å². The Kier molecular flexibility index (Phi) is 11.0. The quantitative estimate of drug-likeness (QED) is 0.557. The Labute approximate surface area is 173 Å². The lowest BCUT2D eigenvalue weighted by Crippen LogP contribution is -2.26. The minimum absolute atomic E-state index is 0.0346. The number of hydrogen-bond acceptors (Lipinski definition) is 2. The molecular weight excluding hydrogens is 493 g/mol. The van der Waals surface area contributed by atoms with Crippen LogP contribution in [0.3, 0.4) is 0 Å². The summed E-state index contributed by atoms with van der Waals surface area (Å²) in [5, 5.41) is 2.63. The first-order valence-corrected chi connectivity index (χ1v) is 9.90. The molecule has 0 heterocycles. The molecule has 26 heavy (non-hydrogen) atoms. The molecule has 3 nitrogen and oxygen atoms in total. The van der Waals surface area contributed by atoms with Crippen molar-refractivity contribution in [2.45, 2.75) is 12.8 Å². The number of rotatable bonds is 6. The van der Waals surface area contributed by atoms with Gasteiger partial charge in [-0.1, -0.05) is 12.1 Å². The van der Waals surface area contributed by atoms with Crippen molar-refractivity contribution >= 4 is 49.4 Å². The summed E-state index contributed by atoms with van der Waals surface area (Å²) >= 11 is 11.5. The molecule has 0 atom stereocenters. The van der Waals surface area contributed by atoms with Crippen molar-refractivity contribution in [2.24, 2.45) is 5.73 Å². The molecule has 8 heteroatoms. The van der Waals surface area contributed by atoms with Crippen molar-refractivity contribution in [1.29, 1.82) is 0 Å². The Balaban J connectivity index is 0.000000273. The van der Waals surface area contributed by atoms with Gasteiger partial charge in [0.2, 0.25) is 5.91 Å². The lowest BCUT2D eigenvalue weighted by atomic mass is 10.1. The molecule has 0 radical (unpaired) electrons. The summed E-state index contributed by atoms with van der Waals surface area (Å²) < 4.78 is 26.5. The van der Waals surface area contributed by atoms with Crippen molar-refractivity contribution in [2.75, 3.05) is 19.0 Å². The van der Waals surface area contributed by atoms with Gasteiger partial charge in [0, 0.05) is 6.54 Å². The Morgan fingerprint density at radius 2 is 1.50 bits per heavy atom. The number of nitrogens with one attached hydrogen (secondary N) is 1. The molecule has 0 bridgehead atoms. The topological polar surface area (TPSA) is 55.1 Å². The van der Waals surface area contributed by atoms with E-state index in [1.807, 2.05) is 0 Å². The molecule has 2 aromatic carbocycles. The maximum Gasteiger partial charge on any atom is 0.234 e. The van der Waals surface area contributed by atoms with Crippen LogP contribution in [0.1, 0.15) is 11.1 Å². The van der Waals surface area contributed by atoms with Crippen LogP contribution in [0.4, 0.5) is 8.78 Å². The third-order valence-corrected chi connectivity index (χ3v) is 4.72. The smallest absolute Gasteiger partial charge is 0.234 e. The molecule has 0 aliphatic rings. The molecule has 0 saturated heterocycles. The normalized spacial score (nSPS) is 10.1. The van der Waals surface area contributed by atoms with Crippen LogP contribution in [-0.4, -0.2) is 24.9 Å². The number of carbonyl (C=O) groups excluding carboxylic acids is 1. The second-order valence-electron chi connectivity index (χ2n) is 5.27. The summed E-state index contributed by atoms with van der Waals surface area (Å²) in [7, 11) is 0. The highest BCUT2D eigenvalue weighted by molar-refractivity contribution is 9.10. The molecule has 2 aromatic rings. The first-order valence-electron chi connectivity index (χ1n) is 7.78. The lowest BCUT2D eigenvalue weighted by molar-refractivity contribution is -0.118. The highest BCUT2D eigenvalue weighted by atomic mass is 79.9. The van der Waals surface area contributed by atoms with E-state index >= 15 is 0 Å². The van der Waals surface area contributed by atoms with Crippen LogP contribution in [0.2, 0.25) is 0 Å². The van der Waals surface area contributed by atoms with Crippen LogP contribution in [0.25, 0.3) is 0 Å². The molecule has 0 aromatic heterocycles. The number of amides is 1. The molecule has 0 fully saturated rings. The van der Waals surface area contributed by atoms with Gasteiger partial charge in [-0.3, -0.25) is 4.79 Å². The van der Waals surface area contributed by atoms with Gasteiger partial charge in [0.25, 0.3) is 0 Å². The Morgan fingerprint density at radius 3 is 1.92 bits per heavy atom. The predicted octanol–water partition coefficient (Wildman–Crippen LogP) is 4.58. The molecule has 0 aliphatic heterocycles. The van der Waals surface area contributed by atoms with Gasteiger partial charge < -0.3 is 11.1 Å². The minimum atomic E-state index is -0.288. The van der Waals surface area contributed by atoms with Crippen molar-refractivity contribution in [3.05, 3.63) is 68.1 Å². The highest BCUT2D eigenvalue weighted by Crippen LogP contribution is 2.17. The first-order chi connectivity index (χ1) is 12.4. The summed E-state index contributed by atoms with van der Waals surface area (Å²) in [6.45, 7) is 1.10. The number of hydrogen-bond donors (Lipinski definition) is 2. The summed E-state index contributed by atoms with van der Waals surface area (Å²) in [6.07, 6.45) is 1.44. The molecular formula is C18H19Br2ClF2N2O. The van der Waals surface area contributed by atoms with Crippen LogP contribution in [-0.2, 0) is 17.6 Å². The molecule has 1 amide bonds. The fourth-order valence-electron chi connectivity index (χ4n) is 1.95. The summed E-state index contributed by atoms with van der Waals surface area (Å²) in [6, 6.07) is 9.71. The molecule has 2 rings (SSSR count). The van der Waals surface area contributed by atoms with E-state index in [0.29, 0.717) is 28.5 Å². The van der Waals surface area contributed by atoms with Crippen LogP contribution >= 0.6 is 43.5 Å². The van der Waals surface area contributed by atoms with Crippen molar-refractivity contribution in [3.8, 4) is 0 Å². The second kappa shape index (κ2) is 12.4. The van der Waals surface area contributed by atoms with Gasteiger partial charge in [-0.15, -0.1) is 11.6 Å². The summed E-state index contributed by atoms with van der Waals surface area (Å²) in [4.78, 5) is 10.8. The number of alkyl halides is 1. The molecule has 0 aliphatic carbocycles. The number of halogens is 5. The Bertz CT molecular complexity index is 732. The zero-order valence-corrected chi connectivity index (χ0v) is 17.8. The van der Waals surface area contributed by atoms with Gasteiger partial charge in [0.15, 0.2) is 0 Å². The Morgan fingerprint density at radius 1 is 1.00 bits per heavy atom. The van der Waals surface area contributed by atoms with E-state index in [9.17, 15) is 13.6 Å². The van der Waals surface area contributed by atoms with Gasteiger partial charge >= 0.3 is 0 Å². The van der Waals surface area contributed by atoms with E-state index in [4.69, 9.17) is 17.3 Å². The maximum absolute atomic E-state index is 12.9. The van der Waals surface area contributed by atoms with E-state index in [2.05, 4.69) is 37.2 Å². The highest BCUT2D eigenvalue weighted by Gasteiger charge is 2.02. The predicted molar refractivity (Wildman–Crippen MR) is 108 cm³/mol. The van der Waals surface area contributed by atoms with Gasteiger partial charge in [-0.05, 0) is 86.6 Å². The minimum Gasteiger partial charge on any atom is -0.355 e. The lowest BCUT2D eigenvalue weighted by Gasteiger charge is -2.04. The van der Waals surface area contributed by atoms with Gasteiger partial charge in [0.1, 0.15) is 17.5 Å². The monoisotopic (exact) mass is 510 g/mol. The van der Waals surface area contributed by atoms with Crippen LogP contribution in [0.5, 0.6) is 0 Å². The standard InChI is InChI=1S/C10H10BrClFNO.C8H9BrFN/c11-8-5-7(1-2-9(8)13)3-4-14-10(15)6-12;9-7-5-6(3-4-11)1-2-8(7)10/h1-2,5H,3-4,6H2,(H,14,15);1-2,5H,3-4,11H2. The van der Waals surface area contributed by atoms with Gasteiger partial charge in [-0.2, -0.15) is 0 Å². The summed E-state index contributed by atoms with van der Waals surface area (Å²) in [5.41, 5.74) is 7.35. The van der Waals surface area contributed by atoms with Crippen LogP contribution in [0.15, 0.2) is 45.3 Å². The average Bonchev–Trinajstić information content (AvgIpc) is 2.62. The number of carbonyl (C=O) groups is 1. The van der Waals surface area contributed by atoms with E-state index in [1.165, 1.54) is 12.1 Å². The second-order valence-corrected chi connectivity index (χ2v) is 7.25. The largest absolute Gasteiger partial charge is 0.355 e. The average molecular weight is 513 g/mol. The third-order valence-electron chi connectivity index (χ3n) is 3.26. The number of benzene rings is 2. The van der Waals surface area contributed by atoms with E-state index < -0.39 is 0 Å². The first kappa shape index (κ1) is 23.0. The molecule has 3 N–H and O–H groups in total. The van der Waals surface area contributed by atoms with E-state index in [-0.39, 0.29) is 23.4 Å². The maximum atomic E-state index is 12.9. The van der Waals surface area contributed by atoms with Gasteiger partial charge in [0.05, 0.1) is 8.95 Å². The zero-order chi connectivity index (χ0) is 19.5. The summed E-state index contributed by atoms with van der Waals surface area (Å²) in [5.74, 6) is -0.750. The zero-order valence-electron chi connectivity index (χ0n) is 13.9. The SMILES string of the molecule is NCCc1ccc(F)c(Br)c1.O=C(CCl)NCCc1ccc(F)c(Br)c1. The van der Waals surface area contributed by atoms with Crippen LogP contribution in [0, 0.1) is 11.6 Å². The molecule has 0 saturated carbocycles. The van der Waals surface area contributed by atoms with Gasteiger partial charge in [-0.25, -0.2) is 8.78 Å². The molecule has 0 unspecified atom stereocenters. The van der Waals surface area contributed by atoms with E-state index in [1.54, 1.807) is 24.3 Å². The molecule has 0 spiro atoms. The third kappa shape index (κ3) is 8.58. The Hall–Kier alpha value is -1.02. The van der Waals surface area contributed by atoms with E-state index in [0.717, 1.165) is 17.5 Å². The van der Waals surface area contributed by atoms with Crippen LogP contribution < -0.4 is 11.1 Å². The fourth-order valence-corrected chi connectivity index (χ4v) is 2.90.